The molecule has 0 unspecified atom stereocenters. The Balaban J connectivity index is 1.68. The van der Waals surface area contributed by atoms with Gasteiger partial charge in [0.15, 0.2) is 11.5 Å². The number of piperidine rings is 1. The van der Waals surface area contributed by atoms with Gasteiger partial charge in [-0.3, -0.25) is 0 Å². The highest BCUT2D eigenvalue weighted by Gasteiger charge is 2.19. The number of ether oxygens (including phenoxy) is 3. The lowest BCUT2D eigenvalue weighted by atomic mass is 9.96. The summed E-state index contributed by atoms with van der Waals surface area (Å²) in [7, 11) is 3.33. The number of aromatic amines is 1. The maximum Gasteiger partial charge on any atom is 0.161 e. The van der Waals surface area contributed by atoms with E-state index < -0.39 is 0 Å². The fourth-order valence-corrected chi connectivity index (χ4v) is 4.36. The normalized spacial score (nSPS) is 15.0. The standard InChI is InChI=1S/C25H32N2O3/c1-16(2)24-20-14-19(30-15-17-9-11-26-12-10-17)6-7-21(20)27-25(24)18-5-8-22(28-3)23(13-18)29-4/h5-8,13-14,16-17,26-27H,9-12,15H2,1-4H3. The fourth-order valence-electron chi connectivity index (χ4n) is 4.36. The van der Waals surface area contributed by atoms with E-state index in [0.29, 0.717) is 11.8 Å². The molecule has 1 saturated heterocycles. The molecule has 1 aromatic heterocycles. The molecule has 30 heavy (non-hydrogen) atoms. The van der Waals surface area contributed by atoms with Crippen molar-refractivity contribution in [2.75, 3.05) is 33.9 Å². The lowest BCUT2D eigenvalue weighted by Gasteiger charge is -2.22. The van der Waals surface area contributed by atoms with Gasteiger partial charge in [-0.05, 0) is 79.7 Å². The summed E-state index contributed by atoms with van der Waals surface area (Å²) >= 11 is 0. The van der Waals surface area contributed by atoms with E-state index in [2.05, 4.69) is 48.4 Å². The number of fused-ring (bicyclic) bond motifs is 1. The molecule has 0 saturated carbocycles. The van der Waals surface area contributed by atoms with E-state index >= 15 is 0 Å². The summed E-state index contributed by atoms with van der Waals surface area (Å²) < 4.78 is 17.1. The minimum absolute atomic E-state index is 0.363. The molecule has 160 valence electrons. The van der Waals surface area contributed by atoms with Crippen molar-refractivity contribution in [3.8, 4) is 28.5 Å². The summed E-state index contributed by atoms with van der Waals surface area (Å²) in [6, 6.07) is 12.5. The third kappa shape index (κ3) is 4.12. The number of nitrogens with one attached hydrogen (secondary N) is 2. The van der Waals surface area contributed by atoms with Gasteiger partial charge in [-0.1, -0.05) is 13.8 Å². The van der Waals surface area contributed by atoms with E-state index in [4.69, 9.17) is 14.2 Å². The van der Waals surface area contributed by atoms with E-state index in [-0.39, 0.29) is 0 Å². The Morgan fingerprint density at radius 2 is 1.73 bits per heavy atom. The van der Waals surface area contributed by atoms with Crippen LogP contribution < -0.4 is 19.5 Å². The van der Waals surface area contributed by atoms with Crippen LogP contribution in [0.1, 0.15) is 38.2 Å². The van der Waals surface area contributed by atoms with Crippen LogP contribution in [-0.4, -0.2) is 38.9 Å². The second-order valence-corrected chi connectivity index (χ2v) is 8.35. The summed E-state index contributed by atoms with van der Waals surface area (Å²) in [5.74, 6) is 3.41. The van der Waals surface area contributed by atoms with Crippen molar-refractivity contribution in [2.45, 2.75) is 32.6 Å². The highest BCUT2D eigenvalue weighted by atomic mass is 16.5. The summed E-state index contributed by atoms with van der Waals surface area (Å²) in [4.78, 5) is 3.62. The lowest BCUT2D eigenvalue weighted by Crippen LogP contribution is -2.30. The highest BCUT2D eigenvalue weighted by Crippen LogP contribution is 2.39. The molecule has 0 aliphatic carbocycles. The summed E-state index contributed by atoms with van der Waals surface area (Å²) in [5, 5.41) is 4.63. The van der Waals surface area contributed by atoms with Gasteiger partial charge >= 0.3 is 0 Å². The molecule has 2 N–H and O–H groups in total. The van der Waals surface area contributed by atoms with Crippen LogP contribution in [0.5, 0.6) is 17.2 Å². The van der Waals surface area contributed by atoms with Crippen LogP contribution in [-0.2, 0) is 0 Å². The third-order valence-electron chi connectivity index (χ3n) is 6.00. The summed E-state index contributed by atoms with van der Waals surface area (Å²) in [6.45, 7) is 7.44. The van der Waals surface area contributed by atoms with Gasteiger partial charge in [0.25, 0.3) is 0 Å². The van der Waals surface area contributed by atoms with Crippen molar-refractivity contribution in [2.24, 2.45) is 5.92 Å². The monoisotopic (exact) mass is 408 g/mol. The average molecular weight is 409 g/mol. The smallest absolute Gasteiger partial charge is 0.161 e. The largest absolute Gasteiger partial charge is 0.493 e. The van der Waals surface area contributed by atoms with E-state index in [1.807, 2.05) is 12.1 Å². The average Bonchev–Trinajstić information content (AvgIpc) is 3.17. The van der Waals surface area contributed by atoms with E-state index in [9.17, 15) is 0 Å². The molecule has 2 heterocycles. The van der Waals surface area contributed by atoms with Crippen LogP contribution in [0.15, 0.2) is 36.4 Å². The molecule has 1 aliphatic heterocycles. The molecule has 5 heteroatoms. The molecule has 4 rings (SSSR count). The molecule has 0 radical (unpaired) electrons. The number of hydrogen-bond donors (Lipinski definition) is 2. The van der Waals surface area contributed by atoms with Gasteiger partial charge in [0.05, 0.1) is 26.5 Å². The van der Waals surface area contributed by atoms with Gasteiger partial charge in [0.1, 0.15) is 5.75 Å². The molecule has 1 fully saturated rings. The predicted molar refractivity (Wildman–Crippen MR) is 122 cm³/mol. The second kappa shape index (κ2) is 9.00. The zero-order valence-corrected chi connectivity index (χ0v) is 18.4. The third-order valence-corrected chi connectivity index (χ3v) is 6.00. The predicted octanol–water partition coefficient (Wildman–Crippen LogP) is 5.35. The van der Waals surface area contributed by atoms with Crippen molar-refractivity contribution < 1.29 is 14.2 Å². The van der Waals surface area contributed by atoms with Crippen molar-refractivity contribution in [3.05, 3.63) is 42.0 Å². The van der Waals surface area contributed by atoms with Gasteiger partial charge < -0.3 is 24.5 Å². The Kier molecular flexibility index (Phi) is 6.18. The Labute approximate surface area is 178 Å². The molecule has 3 aromatic rings. The first kappa shape index (κ1) is 20.6. The van der Waals surface area contributed by atoms with Crippen LogP contribution in [0.25, 0.3) is 22.2 Å². The molecule has 0 bridgehead atoms. The van der Waals surface area contributed by atoms with E-state index in [0.717, 1.165) is 53.7 Å². The van der Waals surface area contributed by atoms with Crippen molar-refractivity contribution in [1.82, 2.24) is 10.3 Å². The number of rotatable bonds is 7. The molecule has 5 nitrogen and oxygen atoms in total. The van der Waals surface area contributed by atoms with E-state index in [1.165, 1.54) is 23.8 Å². The van der Waals surface area contributed by atoms with Crippen molar-refractivity contribution in [1.29, 1.82) is 0 Å². The van der Waals surface area contributed by atoms with Gasteiger partial charge in [-0.2, -0.15) is 0 Å². The molecular weight excluding hydrogens is 376 g/mol. The van der Waals surface area contributed by atoms with Gasteiger partial charge in [-0.15, -0.1) is 0 Å². The lowest BCUT2D eigenvalue weighted by molar-refractivity contribution is 0.215. The first-order valence-corrected chi connectivity index (χ1v) is 10.8. The van der Waals surface area contributed by atoms with Crippen LogP contribution >= 0.6 is 0 Å². The molecule has 2 aromatic carbocycles. The zero-order valence-electron chi connectivity index (χ0n) is 18.4. The topological polar surface area (TPSA) is 55.5 Å². The van der Waals surface area contributed by atoms with Crippen molar-refractivity contribution in [3.63, 3.8) is 0 Å². The molecular formula is C25H32N2O3. The Bertz CT molecular complexity index is 1000. The minimum Gasteiger partial charge on any atom is -0.493 e. The van der Waals surface area contributed by atoms with Crippen LogP contribution in [0, 0.1) is 5.92 Å². The van der Waals surface area contributed by atoms with E-state index in [1.54, 1.807) is 14.2 Å². The number of methoxy groups -OCH3 is 2. The SMILES string of the molecule is COc1ccc(-c2[nH]c3ccc(OCC4CCNCC4)cc3c2C(C)C)cc1OC. The van der Waals surface area contributed by atoms with Gasteiger partial charge in [-0.25, -0.2) is 0 Å². The van der Waals surface area contributed by atoms with Crippen LogP contribution in [0.2, 0.25) is 0 Å². The Morgan fingerprint density at radius 3 is 2.43 bits per heavy atom. The number of hydrogen-bond acceptors (Lipinski definition) is 4. The highest BCUT2D eigenvalue weighted by molar-refractivity contribution is 5.92. The maximum atomic E-state index is 6.19. The Morgan fingerprint density at radius 1 is 0.967 bits per heavy atom. The number of aromatic nitrogens is 1. The Hall–Kier alpha value is -2.66. The summed E-state index contributed by atoms with van der Waals surface area (Å²) in [5.41, 5.74) is 4.63. The number of benzene rings is 2. The maximum absolute atomic E-state index is 6.19. The van der Waals surface area contributed by atoms with Gasteiger partial charge in [0.2, 0.25) is 0 Å². The molecule has 0 atom stereocenters. The molecule has 0 spiro atoms. The zero-order chi connectivity index (χ0) is 21.1. The van der Waals surface area contributed by atoms with Gasteiger partial charge in [0, 0.05) is 16.5 Å². The first-order chi connectivity index (χ1) is 14.6. The van der Waals surface area contributed by atoms with Crippen LogP contribution in [0.3, 0.4) is 0 Å². The fraction of sp³-hybridized carbons (Fsp3) is 0.440. The summed E-state index contributed by atoms with van der Waals surface area (Å²) in [6.07, 6.45) is 2.38. The van der Waals surface area contributed by atoms with Crippen molar-refractivity contribution >= 4 is 10.9 Å². The van der Waals surface area contributed by atoms with Crippen LogP contribution in [0.4, 0.5) is 0 Å². The molecule has 1 aliphatic rings. The second-order valence-electron chi connectivity index (χ2n) is 8.35. The minimum atomic E-state index is 0.363. The molecule has 0 amide bonds. The quantitative estimate of drug-likeness (QED) is 0.553. The number of H-pyrrole nitrogens is 1. The first-order valence-electron chi connectivity index (χ1n) is 10.8.